The quantitative estimate of drug-likeness (QED) is 0.807. The molecule has 1 amide bonds. The zero-order chi connectivity index (χ0) is 14.0. The third kappa shape index (κ3) is 3.45. The van der Waals surface area contributed by atoms with Crippen molar-refractivity contribution < 1.29 is 9.18 Å². The van der Waals surface area contributed by atoms with Crippen LogP contribution in [-0.2, 0) is 0 Å². The SMILES string of the molecule is Nc1ccc(Br)c(C(=O)Nc2cc(F)cc(Cl)c2)c1. The van der Waals surface area contributed by atoms with Gasteiger partial charge in [-0.15, -0.1) is 0 Å². The van der Waals surface area contributed by atoms with E-state index in [1.807, 2.05) is 0 Å². The monoisotopic (exact) mass is 342 g/mol. The number of hydrogen-bond donors (Lipinski definition) is 2. The predicted octanol–water partition coefficient (Wildman–Crippen LogP) is 4.08. The number of rotatable bonds is 2. The molecule has 0 spiro atoms. The lowest BCUT2D eigenvalue weighted by molar-refractivity contribution is 0.102. The molecule has 0 aliphatic heterocycles. The zero-order valence-electron chi connectivity index (χ0n) is 9.58. The Morgan fingerprint density at radius 2 is 2.00 bits per heavy atom. The summed E-state index contributed by atoms with van der Waals surface area (Å²) in [4.78, 5) is 12.0. The van der Waals surface area contributed by atoms with Crippen LogP contribution in [0.2, 0.25) is 5.02 Å². The van der Waals surface area contributed by atoms with Crippen LogP contribution < -0.4 is 11.1 Å². The molecule has 2 aromatic carbocycles. The Morgan fingerprint density at radius 3 is 2.68 bits per heavy atom. The average Bonchev–Trinajstić information content (AvgIpc) is 2.30. The van der Waals surface area contributed by atoms with Crippen molar-refractivity contribution in [1.29, 1.82) is 0 Å². The third-order valence-electron chi connectivity index (χ3n) is 2.36. The molecule has 0 fully saturated rings. The molecule has 0 radical (unpaired) electrons. The van der Waals surface area contributed by atoms with Gasteiger partial charge in [-0.1, -0.05) is 11.6 Å². The minimum atomic E-state index is -0.519. The number of anilines is 2. The molecule has 6 heteroatoms. The van der Waals surface area contributed by atoms with Crippen molar-refractivity contribution in [1.82, 2.24) is 0 Å². The van der Waals surface area contributed by atoms with Gasteiger partial charge >= 0.3 is 0 Å². The van der Waals surface area contributed by atoms with E-state index in [2.05, 4.69) is 21.2 Å². The number of nitrogen functional groups attached to an aromatic ring is 1. The number of halogens is 3. The first-order chi connectivity index (χ1) is 8.95. The maximum atomic E-state index is 13.2. The molecule has 98 valence electrons. The van der Waals surface area contributed by atoms with Gasteiger partial charge in [0.2, 0.25) is 0 Å². The van der Waals surface area contributed by atoms with Crippen LogP contribution >= 0.6 is 27.5 Å². The third-order valence-corrected chi connectivity index (χ3v) is 3.27. The van der Waals surface area contributed by atoms with E-state index in [1.165, 1.54) is 18.2 Å². The van der Waals surface area contributed by atoms with E-state index in [1.54, 1.807) is 12.1 Å². The fourth-order valence-corrected chi connectivity index (χ4v) is 2.19. The van der Waals surface area contributed by atoms with Gasteiger partial charge in [0.1, 0.15) is 5.82 Å². The highest BCUT2D eigenvalue weighted by molar-refractivity contribution is 9.10. The molecule has 0 saturated heterocycles. The van der Waals surface area contributed by atoms with Crippen molar-refractivity contribution in [2.24, 2.45) is 0 Å². The Bertz CT molecular complexity index is 628. The van der Waals surface area contributed by atoms with Crippen molar-refractivity contribution >= 4 is 44.8 Å². The number of nitrogens with one attached hydrogen (secondary N) is 1. The summed E-state index contributed by atoms with van der Waals surface area (Å²) in [6.07, 6.45) is 0. The molecule has 0 aliphatic carbocycles. The summed E-state index contributed by atoms with van der Waals surface area (Å²) in [5.74, 6) is -0.921. The Hall–Kier alpha value is -1.59. The standard InChI is InChI=1S/C13H9BrClFN2O/c14-12-2-1-9(17)6-11(12)13(19)18-10-4-7(15)3-8(16)5-10/h1-6H,17H2,(H,18,19). The fourth-order valence-electron chi connectivity index (χ4n) is 1.54. The number of carbonyl (C=O) groups excluding carboxylic acids is 1. The van der Waals surface area contributed by atoms with Gasteiger partial charge in [-0.25, -0.2) is 4.39 Å². The zero-order valence-corrected chi connectivity index (χ0v) is 11.9. The van der Waals surface area contributed by atoms with Crippen LogP contribution in [0.15, 0.2) is 40.9 Å². The van der Waals surface area contributed by atoms with Crippen LogP contribution in [0, 0.1) is 5.82 Å². The summed E-state index contributed by atoms with van der Waals surface area (Å²) in [6, 6.07) is 8.67. The van der Waals surface area contributed by atoms with E-state index in [9.17, 15) is 9.18 Å². The molecular formula is C13H9BrClFN2O. The first-order valence-corrected chi connectivity index (χ1v) is 6.45. The number of benzene rings is 2. The van der Waals surface area contributed by atoms with Gasteiger partial charge in [-0.2, -0.15) is 0 Å². The van der Waals surface area contributed by atoms with Gasteiger partial charge in [0, 0.05) is 20.9 Å². The molecule has 0 unspecified atom stereocenters. The summed E-state index contributed by atoms with van der Waals surface area (Å²) in [5.41, 5.74) is 6.73. The van der Waals surface area contributed by atoms with Gasteiger partial charge in [0.05, 0.1) is 5.56 Å². The minimum Gasteiger partial charge on any atom is -0.399 e. The van der Waals surface area contributed by atoms with E-state index in [0.29, 0.717) is 15.7 Å². The van der Waals surface area contributed by atoms with Crippen molar-refractivity contribution in [3.63, 3.8) is 0 Å². The molecular weight excluding hydrogens is 335 g/mol. The van der Waals surface area contributed by atoms with Gasteiger partial charge < -0.3 is 11.1 Å². The highest BCUT2D eigenvalue weighted by Gasteiger charge is 2.11. The normalized spacial score (nSPS) is 10.3. The largest absolute Gasteiger partial charge is 0.399 e. The Kier molecular flexibility index (Phi) is 4.07. The number of carbonyl (C=O) groups is 1. The van der Waals surface area contributed by atoms with Crippen LogP contribution in [-0.4, -0.2) is 5.91 Å². The molecule has 0 saturated carbocycles. The molecule has 0 bridgehead atoms. The topological polar surface area (TPSA) is 55.1 Å². The van der Waals surface area contributed by atoms with Crippen molar-refractivity contribution in [3.05, 3.63) is 57.3 Å². The van der Waals surface area contributed by atoms with E-state index < -0.39 is 11.7 Å². The highest BCUT2D eigenvalue weighted by Crippen LogP contribution is 2.22. The number of nitrogens with two attached hydrogens (primary N) is 1. The molecule has 0 aliphatic rings. The van der Waals surface area contributed by atoms with Crippen molar-refractivity contribution in [2.45, 2.75) is 0 Å². The van der Waals surface area contributed by atoms with Gasteiger partial charge in [-0.05, 0) is 52.3 Å². The van der Waals surface area contributed by atoms with Crippen LogP contribution in [0.3, 0.4) is 0 Å². The average molecular weight is 344 g/mol. The lowest BCUT2D eigenvalue weighted by Gasteiger charge is -2.08. The number of amides is 1. The van der Waals surface area contributed by atoms with E-state index in [0.717, 1.165) is 6.07 Å². The van der Waals surface area contributed by atoms with Gasteiger partial charge in [0.15, 0.2) is 0 Å². The first-order valence-electron chi connectivity index (χ1n) is 5.28. The first kappa shape index (κ1) is 13.8. The smallest absolute Gasteiger partial charge is 0.256 e. The molecule has 2 rings (SSSR count). The van der Waals surface area contributed by atoms with Crippen molar-refractivity contribution in [2.75, 3.05) is 11.1 Å². The summed E-state index contributed by atoms with van der Waals surface area (Å²) in [6.45, 7) is 0. The summed E-state index contributed by atoms with van der Waals surface area (Å²) >= 11 is 8.97. The van der Waals surface area contributed by atoms with E-state index in [-0.39, 0.29) is 10.7 Å². The molecule has 3 N–H and O–H groups in total. The molecule has 3 nitrogen and oxygen atoms in total. The maximum Gasteiger partial charge on any atom is 0.256 e. The minimum absolute atomic E-state index is 0.210. The Balaban J connectivity index is 2.28. The lowest BCUT2D eigenvalue weighted by Crippen LogP contribution is -2.13. The second kappa shape index (κ2) is 5.59. The Labute approximate surface area is 122 Å². The molecule has 0 aromatic heterocycles. The number of hydrogen-bond acceptors (Lipinski definition) is 2. The van der Waals surface area contributed by atoms with E-state index >= 15 is 0 Å². The molecule has 0 atom stereocenters. The van der Waals surface area contributed by atoms with Crippen LogP contribution in [0.5, 0.6) is 0 Å². The van der Waals surface area contributed by atoms with Crippen LogP contribution in [0.25, 0.3) is 0 Å². The Morgan fingerprint density at radius 1 is 1.26 bits per heavy atom. The molecule has 2 aromatic rings. The van der Waals surface area contributed by atoms with Crippen LogP contribution in [0.1, 0.15) is 10.4 Å². The predicted molar refractivity (Wildman–Crippen MR) is 77.9 cm³/mol. The molecule has 19 heavy (non-hydrogen) atoms. The van der Waals surface area contributed by atoms with Crippen molar-refractivity contribution in [3.8, 4) is 0 Å². The van der Waals surface area contributed by atoms with Gasteiger partial charge in [-0.3, -0.25) is 4.79 Å². The highest BCUT2D eigenvalue weighted by atomic mass is 79.9. The second-order valence-electron chi connectivity index (χ2n) is 3.85. The molecule has 0 heterocycles. The van der Waals surface area contributed by atoms with Crippen LogP contribution in [0.4, 0.5) is 15.8 Å². The van der Waals surface area contributed by atoms with E-state index in [4.69, 9.17) is 17.3 Å². The summed E-state index contributed by atoms with van der Waals surface area (Å²) < 4.78 is 13.8. The second-order valence-corrected chi connectivity index (χ2v) is 5.14. The van der Waals surface area contributed by atoms with Gasteiger partial charge in [0.25, 0.3) is 5.91 Å². The summed E-state index contributed by atoms with van der Waals surface area (Å²) in [7, 11) is 0. The lowest BCUT2D eigenvalue weighted by atomic mass is 10.2. The maximum absolute atomic E-state index is 13.2. The fraction of sp³-hybridized carbons (Fsp3) is 0. The summed E-state index contributed by atoms with van der Waals surface area (Å²) in [5, 5.41) is 2.77.